The molecule has 0 aliphatic heterocycles. The van der Waals surface area contributed by atoms with Gasteiger partial charge in [-0.25, -0.2) is 9.59 Å². The number of nitrogens with one attached hydrogen (secondary N) is 1. The lowest BCUT2D eigenvalue weighted by molar-refractivity contribution is 0.0684. The van der Waals surface area contributed by atoms with Crippen molar-refractivity contribution in [2.24, 2.45) is 0 Å². The van der Waals surface area contributed by atoms with E-state index in [9.17, 15) is 24.6 Å². The van der Waals surface area contributed by atoms with E-state index in [1.807, 2.05) is 37.3 Å². The third kappa shape index (κ3) is 4.98. The number of rotatable bonds is 8. The van der Waals surface area contributed by atoms with Crippen LogP contribution in [0.3, 0.4) is 0 Å². The van der Waals surface area contributed by atoms with Crippen LogP contribution in [0.25, 0.3) is 11.1 Å². The van der Waals surface area contributed by atoms with Crippen LogP contribution in [0.2, 0.25) is 5.02 Å². The monoisotopic (exact) mass is 451 g/mol. The number of carbonyl (C=O) groups excluding carboxylic acids is 1. The lowest BCUT2D eigenvalue weighted by Crippen LogP contribution is -2.28. The summed E-state index contributed by atoms with van der Waals surface area (Å²) in [5.74, 6) is -2.94. The summed E-state index contributed by atoms with van der Waals surface area (Å²) in [5.41, 5.74) is 1.01. The fourth-order valence-electron chi connectivity index (χ4n) is 3.59. The van der Waals surface area contributed by atoms with Gasteiger partial charge in [0.2, 0.25) is 0 Å². The number of carboxylic acids is 2. The first-order chi connectivity index (χ1) is 15.3. The van der Waals surface area contributed by atoms with E-state index in [4.69, 9.17) is 11.6 Å². The minimum absolute atomic E-state index is 0.0965. The average molecular weight is 452 g/mol. The Bertz CT molecular complexity index is 1160. The highest BCUT2D eigenvalue weighted by Gasteiger charge is 2.23. The van der Waals surface area contributed by atoms with Crippen molar-refractivity contribution in [3.05, 3.63) is 94.0 Å². The second-order valence-electron chi connectivity index (χ2n) is 7.26. The zero-order chi connectivity index (χ0) is 23.3. The van der Waals surface area contributed by atoms with Crippen molar-refractivity contribution >= 4 is 29.4 Å². The van der Waals surface area contributed by atoms with E-state index in [0.717, 1.165) is 18.4 Å². The predicted molar refractivity (Wildman–Crippen MR) is 122 cm³/mol. The fourth-order valence-corrected chi connectivity index (χ4v) is 3.87. The zero-order valence-electron chi connectivity index (χ0n) is 17.3. The van der Waals surface area contributed by atoms with Crippen molar-refractivity contribution in [2.75, 3.05) is 0 Å². The molecule has 0 saturated heterocycles. The van der Waals surface area contributed by atoms with Gasteiger partial charge in [0.15, 0.2) is 0 Å². The summed E-state index contributed by atoms with van der Waals surface area (Å²) in [4.78, 5) is 36.6. The number of aromatic carboxylic acids is 2. The van der Waals surface area contributed by atoms with Crippen molar-refractivity contribution in [1.29, 1.82) is 0 Å². The summed E-state index contributed by atoms with van der Waals surface area (Å²) in [6.45, 7) is 2.02. The molecule has 0 heterocycles. The number of halogens is 1. The highest BCUT2D eigenvalue weighted by Crippen LogP contribution is 2.34. The molecule has 3 N–H and O–H groups in total. The molecule has 164 valence electrons. The molecule has 0 aliphatic rings. The molecule has 0 bridgehead atoms. The quantitative estimate of drug-likeness (QED) is 0.409. The van der Waals surface area contributed by atoms with Crippen molar-refractivity contribution in [3.63, 3.8) is 0 Å². The van der Waals surface area contributed by atoms with E-state index < -0.39 is 17.8 Å². The van der Waals surface area contributed by atoms with E-state index in [0.29, 0.717) is 0 Å². The molecule has 0 fully saturated rings. The van der Waals surface area contributed by atoms with Crippen LogP contribution < -0.4 is 5.32 Å². The Hall–Kier alpha value is -3.64. The van der Waals surface area contributed by atoms with Gasteiger partial charge in [0.25, 0.3) is 5.91 Å². The number of carboxylic acid groups (broad SMARTS) is 2. The van der Waals surface area contributed by atoms with Gasteiger partial charge >= 0.3 is 11.9 Å². The van der Waals surface area contributed by atoms with Gasteiger partial charge in [-0.1, -0.05) is 67.4 Å². The molecule has 32 heavy (non-hydrogen) atoms. The smallest absolute Gasteiger partial charge is 0.336 e. The van der Waals surface area contributed by atoms with Gasteiger partial charge in [-0.05, 0) is 41.8 Å². The number of carbonyl (C=O) groups is 3. The minimum atomic E-state index is -1.29. The van der Waals surface area contributed by atoms with Gasteiger partial charge in [0.1, 0.15) is 0 Å². The Balaban J connectivity index is 2.01. The van der Waals surface area contributed by atoms with E-state index in [1.54, 1.807) is 0 Å². The molecule has 0 saturated carbocycles. The maximum Gasteiger partial charge on any atom is 0.336 e. The van der Waals surface area contributed by atoms with Crippen LogP contribution in [0.4, 0.5) is 0 Å². The van der Waals surface area contributed by atoms with Gasteiger partial charge in [0, 0.05) is 16.1 Å². The topological polar surface area (TPSA) is 104 Å². The summed E-state index contributed by atoms with van der Waals surface area (Å²) < 4.78 is 0. The molecule has 0 aromatic heterocycles. The van der Waals surface area contributed by atoms with Crippen LogP contribution in [0, 0.1) is 0 Å². The van der Waals surface area contributed by atoms with Gasteiger partial charge < -0.3 is 15.5 Å². The van der Waals surface area contributed by atoms with Crippen molar-refractivity contribution in [1.82, 2.24) is 5.32 Å². The SMILES string of the molecule is CCC[C@@H](NC(=O)c1ccc(-c2c(Cl)cccc2C(=O)O)c(C(=O)O)c1)c1ccccc1. The lowest BCUT2D eigenvalue weighted by atomic mass is 9.93. The Morgan fingerprint density at radius 1 is 0.906 bits per heavy atom. The fraction of sp³-hybridized carbons (Fsp3) is 0.160. The lowest BCUT2D eigenvalue weighted by Gasteiger charge is -2.19. The van der Waals surface area contributed by atoms with Crippen LogP contribution in [-0.4, -0.2) is 28.1 Å². The molecular formula is C25H22ClNO5. The van der Waals surface area contributed by atoms with Crippen molar-refractivity contribution in [2.45, 2.75) is 25.8 Å². The zero-order valence-corrected chi connectivity index (χ0v) is 18.1. The third-order valence-electron chi connectivity index (χ3n) is 5.11. The van der Waals surface area contributed by atoms with Crippen LogP contribution in [0.15, 0.2) is 66.7 Å². The molecule has 3 aromatic carbocycles. The number of hydrogen-bond acceptors (Lipinski definition) is 3. The van der Waals surface area contributed by atoms with Gasteiger partial charge in [-0.2, -0.15) is 0 Å². The molecular weight excluding hydrogens is 430 g/mol. The molecule has 0 spiro atoms. The Labute approximate surface area is 190 Å². The number of hydrogen-bond donors (Lipinski definition) is 3. The largest absolute Gasteiger partial charge is 0.478 e. The normalized spacial score (nSPS) is 11.6. The van der Waals surface area contributed by atoms with Crippen molar-refractivity contribution in [3.8, 4) is 11.1 Å². The van der Waals surface area contributed by atoms with E-state index >= 15 is 0 Å². The molecule has 3 aromatic rings. The summed E-state index contributed by atoms with van der Waals surface area (Å²) >= 11 is 6.22. The maximum absolute atomic E-state index is 12.9. The number of amides is 1. The van der Waals surface area contributed by atoms with E-state index in [1.165, 1.54) is 36.4 Å². The Kier molecular flexibility index (Phi) is 7.28. The molecule has 1 atom stereocenters. The molecule has 6 nitrogen and oxygen atoms in total. The molecule has 7 heteroatoms. The summed E-state index contributed by atoms with van der Waals surface area (Å²) in [7, 11) is 0. The molecule has 0 unspecified atom stereocenters. The first-order valence-electron chi connectivity index (χ1n) is 10.1. The predicted octanol–water partition coefficient (Wildman–Crippen LogP) is 5.67. The molecule has 0 aliphatic carbocycles. The summed E-state index contributed by atoms with van der Waals surface area (Å²) in [5, 5.41) is 22.4. The average Bonchev–Trinajstić information content (AvgIpc) is 2.78. The van der Waals surface area contributed by atoms with E-state index in [2.05, 4.69) is 5.32 Å². The van der Waals surface area contributed by atoms with Crippen molar-refractivity contribution < 1.29 is 24.6 Å². The minimum Gasteiger partial charge on any atom is -0.478 e. The standard InChI is InChI=1S/C25H22ClNO5/c1-2-7-21(15-8-4-3-5-9-15)27-23(28)16-12-13-17(19(14-16)25(31)32)22-18(24(29)30)10-6-11-20(22)26/h3-6,8-14,21H,2,7H2,1H3,(H,27,28)(H,29,30)(H,31,32)/t21-/m1/s1. The van der Waals surface area contributed by atoms with Crippen LogP contribution >= 0.6 is 11.6 Å². The highest BCUT2D eigenvalue weighted by atomic mass is 35.5. The Morgan fingerprint density at radius 2 is 1.59 bits per heavy atom. The second kappa shape index (κ2) is 10.1. The van der Waals surface area contributed by atoms with Gasteiger partial charge in [-0.15, -0.1) is 0 Å². The van der Waals surface area contributed by atoms with Gasteiger partial charge in [-0.3, -0.25) is 4.79 Å². The molecule has 0 radical (unpaired) electrons. The molecule has 1 amide bonds. The van der Waals surface area contributed by atoms with E-state index in [-0.39, 0.29) is 38.9 Å². The first-order valence-corrected chi connectivity index (χ1v) is 10.5. The molecule has 3 rings (SSSR count). The van der Waals surface area contributed by atoms with Crippen LogP contribution in [-0.2, 0) is 0 Å². The summed E-state index contributed by atoms with van der Waals surface area (Å²) in [6.07, 6.45) is 1.57. The van der Waals surface area contributed by atoms with Crippen LogP contribution in [0.1, 0.15) is 62.4 Å². The van der Waals surface area contributed by atoms with Gasteiger partial charge in [0.05, 0.1) is 17.2 Å². The first kappa shape index (κ1) is 23.0. The maximum atomic E-state index is 12.9. The number of benzene rings is 3. The van der Waals surface area contributed by atoms with Crippen LogP contribution in [0.5, 0.6) is 0 Å². The highest BCUT2D eigenvalue weighted by molar-refractivity contribution is 6.34. The Morgan fingerprint density at radius 3 is 2.22 bits per heavy atom. The third-order valence-corrected chi connectivity index (χ3v) is 5.43. The summed E-state index contributed by atoms with van der Waals surface area (Å²) in [6, 6.07) is 17.8. The second-order valence-corrected chi connectivity index (χ2v) is 7.67.